The molecule has 0 saturated carbocycles. The first-order chi connectivity index (χ1) is 15.1. The van der Waals surface area contributed by atoms with E-state index in [1.807, 2.05) is 28.8 Å². The van der Waals surface area contributed by atoms with Crippen molar-refractivity contribution in [2.45, 2.75) is 10.9 Å². The predicted molar refractivity (Wildman–Crippen MR) is 119 cm³/mol. The maximum absolute atomic E-state index is 11.2. The zero-order valence-corrected chi connectivity index (χ0v) is 17.9. The Labute approximate surface area is 187 Å². The molecule has 156 valence electrons. The second-order valence-corrected chi connectivity index (χ2v) is 7.77. The van der Waals surface area contributed by atoms with Crippen LogP contribution >= 0.6 is 23.4 Å². The molecule has 8 nitrogen and oxygen atoms in total. The second-order valence-electron chi connectivity index (χ2n) is 6.40. The number of non-ortho nitro benzene ring substituents is 1. The van der Waals surface area contributed by atoms with Gasteiger partial charge in [0.25, 0.3) is 5.69 Å². The van der Waals surface area contributed by atoms with Crippen LogP contribution in [0.4, 0.5) is 5.69 Å². The average molecular weight is 454 g/mol. The van der Waals surface area contributed by atoms with E-state index in [9.17, 15) is 10.1 Å². The predicted octanol–water partition coefficient (Wildman–Crippen LogP) is 5.19. The summed E-state index contributed by atoms with van der Waals surface area (Å²) in [5.74, 6) is 1.63. The lowest BCUT2D eigenvalue weighted by Gasteiger charge is -2.11. The Morgan fingerprint density at radius 1 is 1.10 bits per heavy atom. The molecule has 0 fully saturated rings. The number of benzene rings is 2. The van der Waals surface area contributed by atoms with Crippen LogP contribution in [0, 0.1) is 10.1 Å². The Kier molecular flexibility index (Phi) is 6.15. The van der Waals surface area contributed by atoms with Gasteiger partial charge in [0.05, 0.1) is 12.0 Å². The van der Waals surface area contributed by atoms with E-state index in [0.29, 0.717) is 33.1 Å². The third kappa shape index (κ3) is 4.52. The molecule has 0 unspecified atom stereocenters. The summed E-state index contributed by atoms with van der Waals surface area (Å²) in [6.45, 7) is 0. The summed E-state index contributed by atoms with van der Waals surface area (Å²) in [4.78, 5) is 14.8. The Balaban J connectivity index is 1.73. The fourth-order valence-electron chi connectivity index (χ4n) is 3.01. The van der Waals surface area contributed by atoms with Gasteiger partial charge in [0.2, 0.25) is 0 Å². The van der Waals surface area contributed by atoms with Gasteiger partial charge in [-0.05, 0) is 42.5 Å². The van der Waals surface area contributed by atoms with E-state index in [1.165, 1.54) is 31.0 Å². The van der Waals surface area contributed by atoms with E-state index in [-0.39, 0.29) is 5.69 Å². The lowest BCUT2D eigenvalue weighted by molar-refractivity contribution is -0.384. The van der Waals surface area contributed by atoms with Gasteiger partial charge < -0.3 is 4.74 Å². The monoisotopic (exact) mass is 453 g/mol. The number of hydrogen-bond donors (Lipinski definition) is 0. The van der Waals surface area contributed by atoms with Crippen LogP contribution < -0.4 is 4.74 Å². The fraction of sp³-hybridized carbons (Fsp3) is 0.0952. The number of nitro benzene ring substituents is 1. The molecule has 0 N–H and O–H groups in total. The summed E-state index contributed by atoms with van der Waals surface area (Å²) in [5.41, 5.74) is 2.40. The van der Waals surface area contributed by atoms with Crippen LogP contribution in [0.1, 0.15) is 5.56 Å². The number of ether oxygens (including phenoxy) is 1. The van der Waals surface area contributed by atoms with Crippen LogP contribution in [-0.4, -0.2) is 31.8 Å². The molecular formula is C21H16ClN5O3S. The average Bonchev–Trinajstić information content (AvgIpc) is 3.22. The molecule has 0 amide bonds. The molecule has 2 aromatic heterocycles. The van der Waals surface area contributed by atoms with Gasteiger partial charge in [-0.15, -0.1) is 10.2 Å². The third-order valence-electron chi connectivity index (χ3n) is 4.49. The van der Waals surface area contributed by atoms with Crippen molar-refractivity contribution in [3.63, 3.8) is 0 Å². The van der Waals surface area contributed by atoms with Crippen molar-refractivity contribution in [3.05, 3.63) is 87.7 Å². The van der Waals surface area contributed by atoms with Gasteiger partial charge in [0.15, 0.2) is 11.0 Å². The van der Waals surface area contributed by atoms with Crippen molar-refractivity contribution >= 4 is 29.1 Å². The number of halogens is 1. The molecule has 0 aliphatic heterocycles. The van der Waals surface area contributed by atoms with Crippen LogP contribution in [0.25, 0.3) is 17.1 Å². The maximum atomic E-state index is 11.2. The molecule has 0 radical (unpaired) electrons. The van der Waals surface area contributed by atoms with Crippen molar-refractivity contribution < 1.29 is 9.66 Å². The van der Waals surface area contributed by atoms with E-state index in [1.54, 1.807) is 30.6 Å². The Bertz CT molecular complexity index is 1220. The first kappa shape index (κ1) is 20.8. The fourth-order valence-corrected chi connectivity index (χ4v) is 4.06. The number of rotatable bonds is 7. The zero-order valence-electron chi connectivity index (χ0n) is 16.3. The van der Waals surface area contributed by atoms with Crippen molar-refractivity contribution in [2.75, 3.05) is 7.11 Å². The minimum absolute atomic E-state index is 0.00745. The van der Waals surface area contributed by atoms with Crippen LogP contribution in [0.2, 0.25) is 5.02 Å². The summed E-state index contributed by atoms with van der Waals surface area (Å²) < 4.78 is 7.29. The Morgan fingerprint density at radius 3 is 2.52 bits per heavy atom. The molecule has 0 atom stereocenters. The van der Waals surface area contributed by atoms with E-state index in [0.717, 1.165) is 11.3 Å². The van der Waals surface area contributed by atoms with Gasteiger partial charge in [-0.25, -0.2) is 0 Å². The molecule has 0 saturated heterocycles. The highest BCUT2D eigenvalue weighted by atomic mass is 35.5. The lowest BCUT2D eigenvalue weighted by atomic mass is 10.2. The van der Waals surface area contributed by atoms with Gasteiger partial charge in [-0.2, -0.15) is 0 Å². The quantitative estimate of drug-likeness (QED) is 0.216. The van der Waals surface area contributed by atoms with Crippen LogP contribution in [0.5, 0.6) is 5.75 Å². The van der Waals surface area contributed by atoms with Gasteiger partial charge in [-0.1, -0.05) is 23.4 Å². The van der Waals surface area contributed by atoms with Crippen LogP contribution in [-0.2, 0) is 5.75 Å². The topological polar surface area (TPSA) is 96.0 Å². The molecule has 0 aliphatic rings. The number of hydrogen-bond acceptors (Lipinski definition) is 7. The number of aromatic nitrogens is 4. The SMILES string of the molecule is COc1ccc([N+](=O)[O-])cc1CSc1nnc(-c2ccncc2)n1-c1ccc(Cl)cc1. The molecule has 0 bridgehead atoms. The van der Waals surface area contributed by atoms with Crippen molar-refractivity contribution in [1.29, 1.82) is 0 Å². The molecule has 0 spiro atoms. The minimum Gasteiger partial charge on any atom is -0.496 e. The molecule has 31 heavy (non-hydrogen) atoms. The highest BCUT2D eigenvalue weighted by Gasteiger charge is 2.18. The summed E-state index contributed by atoms with van der Waals surface area (Å²) in [5, 5.41) is 21.2. The molecule has 10 heteroatoms. The van der Waals surface area contributed by atoms with Crippen molar-refractivity contribution in [1.82, 2.24) is 19.7 Å². The Hall–Kier alpha value is -3.43. The summed E-state index contributed by atoms with van der Waals surface area (Å²) >= 11 is 7.46. The number of thioether (sulfide) groups is 1. The lowest BCUT2D eigenvalue weighted by Crippen LogP contribution is -2.00. The number of nitro groups is 1. The van der Waals surface area contributed by atoms with Gasteiger partial charge >= 0.3 is 0 Å². The largest absolute Gasteiger partial charge is 0.496 e. The first-order valence-corrected chi connectivity index (χ1v) is 10.5. The maximum Gasteiger partial charge on any atom is 0.270 e. The summed E-state index contributed by atoms with van der Waals surface area (Å²) in [6.07, 6.45) is 3.38. The van der Waals surface area contributed by atoms with Gasteiger partial charge in [-0.3, -0.25) is 19.7 Å². The highest BCUT2D eigenvalue weighted by Crippen LogP contribution is 2.33. The standard InChI is InChI=1S/C21H16ClN5O3S/c1-30-19-7-6-18(27(28)29)12-15(19)13-31-21-25-24-20(14-8-10-23-11-9-14)26(21)17-4-2-16(22)3-5-17/h2-12H,13H2,1H3. The molecular weight excluding hydrogens is 438 g/mol. The van der Waals surface area contributed by atoms with Gasteiger partial charge in [0, 0.05) is 52.1 Å². The molecule has 4 rings (SSSR count). The van der Waals surface area contributed by atoms with Crippen LogP contribution in [0.15, 0.2) is 72.1 Å². The van der Waals surface area contributed by atoms with Crippen LogP contribution in [0.3, 0.4) is 0 Å². The van der Waals surface area contributed by atoms with Gasteiger partial charge in [0.1, 0.15) is 5.75 Å². The number of pyridine rings is 1. The number of methoxy groups -OCH3 is 1. The molecule has 0 aliphatic carbocycles. The summed E-state index contributed by atoms with van der Waals surface area (Å²) in [6, 6.07) is 15.6. The highest BCUT2D eigenvalue weighted by molar-refractivity contribution is 7.98. The number of nitrogens with zero attached hydrogens (tertiary/aromatic N) is 5. The zero-order chi connectivity index (χ0) is 21.8. The van der Waals surface area contributed by atoms with Crippen molar-refractivity contribution in [2.24, 2.45) is 0 Å². The molecule has 2 heterocycles. The minimum atomic E-state index is -0.425. The van der Waals surface area contributed by atoms with E-state index >= 15 is 0 Å². The van der Waals surface area contributed by atoms with E-state index in [4.69, 9.17) is 16.3 Å². The normalized spacial score (nSPS) is 10.8. The molecule has 2 aromatic carbocycles. The second kappa shape index (κ2) is 9.15. The smallest absolute Gasteiger partial charge is 0.270 e. The first-order valence-electron chi connectivity index (χ1n) is 9.12. The Morgan fingerprint density at radius 2 is 1.84 bits per heavy atom. The van der Waals surface area contributed by atoms with E-state index < -0.39 is 4.92 Å². The third-order valence-corrected chi connectivity index (χ3v) is 5.72. The van der Waals surface area contributed by atoms with E-state index in [2.05, 4.69) is 15.2 Å². The van der Waals surface area contributed by atoms with Crippen molar-refractivity contribution in [3.8, 4) is 22.8 Å². The summed E-state index contributed by atoms with van der Waals surface area (Å²) in [7, 11) is 1.53. The molecule has 4 aromatic rings.